The van der Waals surface area contributed by atoms with Crippen molar-refractivity contribution in [3.8, 4) is 6.07 Å². The number of rotatable bonds is 8. The van der Waals surface area contributed by atoms with Crippen molar-refractivity contribution in [3.05, 3.63) is 35.4 Å². The molecule has 3 atom stereocenters. The number of ketones is 1. The monoisotopic (exact) mass is 552 g/mol. The minimum atomic E-state index is -0.634. The topological polar surface area (TPSA) is 103 Å². The van der Waals surface area contributed by atoms with Gasteiger partial charge in [0.1, 0.15) is 5.60 Å². The lowest BCUT2D eigenvalue weighted by Crippen LogP contribution is -2.54. The summed E-state index contributed by atoms with van der Waals surface area (Å²) < 4.78 is 5.62. The van der Waals surface area contributed by atoms with Crippen LogP contribution in [0.2, 0.25) is 0 Å². The molecule has 8 nitrogen and oxygen atoms in total. The number of Topliss-reactive ketones (excluding diaryl/α,β-unsaturated/α-hetero) is 1. The summed E-state index contributed by atoms with van der Waals surface area (Å²) in [6.45, 7) is 13.5. The summed E-state index contributed by atoms with van der Waals surface area (Å²) in [6, 6.07) is 10.3. The normalized spacial score (nSPS) is 21.1. The highest BCUT2D eigenvalue weighted by molar-refractivity contribution is 5.88. The lowest BCUT2D eigenvalue weighted by molar-refractivity contribution is -0.128. The van der Waals surface area contributed by atoms with E-state index in [0.717, 1.165) is 50.8 Å². The van der Waals surface area contributed by atoms with Crippen LogP contribution in [-0.2, 0) is 16.0 Å². The molecule has 2 fully saturated rings. The van der Waals surface area contributed by atoms with E-state index in [2.05, 4.69) is 42.6 Å². The zero-order valence-corrected chi connectivity index (χ0v) is 25.2. The van der Waals surface area contributed by atoms with E-state index < -0.39 is 23.7 Å². The lowest BCUT2D eigenvalue weighted by atomic mass is 9.81. The molecule has 0 unspecified atom stereocenters. The third kappa shape index (κ3) is 8.71. The van der Waals surface area contributed by atoms with Crippen LogP contribution in [0.4, 0.5) is 9.59 Å². The number of urea groups is 1. The zero-order valence-electron chi connectivity index (χ0n) is 25.2. The molecule has 0 aliphatic carbocycles. The summed E-state index contributed by atoms with van der Waals surface area (Å²) in [5.74, 6) is -0.0216. The van der Waals surface area contributed by atoms with Crippen molar-refractivity contribution in [3.63, 3.8) is 0 Å². The number of benzene rings is 1. The van der Waals surface area contributed by atoms with Gasteiger partial charge in [-0.3, -0.25) is 9.69 Å². The highest BCUT2D eigenvalue weighted by Crippen LogP contribution is 2.31. The first-order valence-corrected chi connectivity index (χ1v) is 15.0. The lowest BCUT2D eigenvalue weighted by Gasteiger charge is -2.40. The van der Waals surface area contributed by atoms with E-state index in [9.17, 15) is 19.6 Å². The van der Waals surface area contributed by atoms with Gasteiger partial charge in [0, 0.05) is 32.1 Å². The molecule has 0 bridgehead atoms. The smallest absolute Gasteiger partial charge is 0.410 e. The van der Waals surface area contributed by atoms with Gasteiger partial charge in [-0.2, -0.15) is 5.26 Å². The van der Waals surface area contributed by atoms with Gasteiger partial charge < -0.3 is 15.0 Å². The fourth-order valence-corrected chi connectivity index (χ4v) is 5.96. The average Bonchev–Trinajstić information content (AvgIpc) is 2.91. The third-order valence-corrected chi connectivity index (χ3v) is 8.00. The Labute approximate surface area is 240 Å². The van der Waals surface area contributed by atoms with Crippen LogP contribution in [0.25, 0.3) is 0 Å². The van der Waals surface area contributed by atoms with Crippen molar-refractivity contribution >= 4 is 17.9 Å². The number of nitrogens with one attached hydrogen (secondary N) is 1. The summed E-state index contributed by atoms with van der Waals surface area (Å²) in [5, 5.41) is 12.9. The summed E-state index contributed by atoms with van der Waals surface area (Å²) >= 11 is 0. The van der Waals surface area contributed by atoms with Crippen LogP contribution in [0.3, 0.4) is 0 Å². The molecule has 0 spiro atoms. The largest absolute Gasteiger partial charge is 0.444 e. The maximum Gasteiger partial charge on any atom is 0.410 e. The first kappa shape index (κ1) is 31.4. The number of piperidine rings is 2. The molecule has 8 heteroatoms. The Bertz CT molecular complexity index is 1050. The van der Waals surface area contributed by atoms with Crippen LogP contribution in [0.5, 0.6) is 0 Å². The van der Waals surface area contributed by atoms with Gasteiger partial charge in [0.2, 0.25) is 0 Å². The second-order valence-corrected chi connectivity index (χ2v) is 12.7. The molecule has 40 heavy (non-hydrogen) atoms. The highest BCUT2D eigenvalue weighted by Gasteiger charge is 2.40. The van der Waals surface area contributed by atoms with E-state index in [0.29, 0.717) is 18.9 Å². The number of amides is 3. The minimum Gasteiger partial charge on any atom is -0.444 e. The fourth-order valence-electron chi connectivity index (χ4n) is 5.96. The second-order valence-electron chi connectivity index (χ2n) is 12.7. The maximum absolute atomic E-state index is 13.6. The molecule has 2 heterocycles. The standard InChI is InChI=1S/C32H48N4O4/c1-7-25-9-8-16-36(31(39)40-32(4,5)6)29(25)28(37)20-24(21-33)19-23-10-12-26(13-11-23)27-14-17-35(18-15-27)30(38)34-22(2)3/h10-13,22,24-25,27,29H,7-9,14-20H2,1-6H3,(H,34,38)/t24-,25-,29+/m1/s1. The quantitative estimate of drug-likeness (QED) is 0.423. The molecule has 1 aromatic carbocycles. The van der Waals surface area contributed by atoms with Crippen LogP contribution < -0.4 is 5.32 Å². The molecule has 2 aliphatic rings. The summed E-state index contributed by atoms with van der Waals surface area (Å²) in [5.41, 5.74) is 1.64. The third-order valence-electron chi connectivity index (χ3n) is 8.00. The number of hydrogen-bond donors (Lipinski definition) is 1. The van der Waals surface area contributed by atoms with Gasteiger partial charge in [0.25, 0.3) is 0 Å². The molecule has 1 aromatic rings. The molecule has 2 saturated heterocycles. The molecule has 0 saturated carbocycles. The molecular weight excluding hydrogens is 504 g/mol. The van der Waals surface area contributed by atoms with Crippen molar-refractivity contribution in [1.29, 1.82) is 5.26 Å². The number of ether oxygens (including phenoxy) is 1. The first-order valence-electron chi connectivity index (χ1n) is 15.0. The fraction of sp³-hybridized carbons (Fsp3) is 0.688. The Morgan fingerprint density at radius 1 is 1.07 bits per heavy atom. The van der Waals surface area contributed by atoms with E-state index in [1.807, 2.05) is 39.5 Å². The van der Waals surface area contributed by atoms with Crippen molar-refractivity contribution < 1.29 is 19.1 Å². The van der Waals surface area contributed by atoms with Gasteiger partial charge in [-0.25, -0.2) is 9.59 Å². The van der Waals surface area contributed by atoms with Crippen LogP contribution >= 0.6 is 0 Å². The van der Waals surface area contributed by atoms with Gasteiger partial charge in [-0.15, -0.1) is 0 Å². The number of carbonyl (C=O) groups is 3. The molecule has 2 aliphatic heterocycles. The van der Waals surface area contributed by atoms with E-state index in [1.165, 1.54) is 5.56 Å². The second kappa shape index (κ2) is 14.0. The Morgan fingerprint density at radius 3 is 2.27 bits per heavy atom. The van der Waals surface area contributed by atoms with Crippen molar-refractivity contribution in [2.75, 3.05) is 19.6 Å². The number of hydrogen-bond acceptors (Lipinski definition) is 5. The summed E-state index contributed by atoms with van der Waals surface area (Å²) in [6.07, 6.45) is 4.56. The summed E-state index contributed by atoms with van der Waals surface area (Å²) in [7, 11) is 0. The van der Waals surface area contributed by atoms with Gasteiger partial charge in [-0.1, -0.05) is 37.6 Å². The van der Waals surface area contributed by atoms with Crippen molar-refractivity contribution in [2.24, 2.45) is 11.8 Å². The van der Waals surface area contributed by atoms with Crippen molar-refractivity contribution in [1.82, 2.24) is 15.1 Å². The molecule has 3 rings (SSSR count). The number of likely N-dealkylation sites (tertiary alicyclic amines) is 2. The van der Waals surface area contributed by atoms with Gasteiger partial charge in [0.05, 0.1) is 18.0 Å². The van der Waals surface area contributed by atoms with Crippen LogP contribution in [0.1, 0.15) is 97.1 Å². The minimum absolute atomic E-state index is 0.00795. The maximum atomic E-state index is 13.6. The van der Waals surface area contributed by atoms with Crippen LogP contribution in [-0.4, -0.2) is 65.0 Å². The molecule has 0 radical (unpaired) electrons. The Kier molecular flexibility index (Phi) is 11.0. The predicted molar refractivity (Wildman–Crippen MR) is 156 cm³/mol. The number of nitriles is 1. The van der Waals surface area contributed by atoms with Crippen molar-refractivity contribution in [2.45, 2.75) is 110 Å². The first-order chi connectivity index (χ1) is 18.9. The van der Waals surface area contributed by atoms with E-state index in [-0.39, 0.29) is 30.2 Å². The van der Waals surface area contributed by atoms with Gasteiger partial charge in [0.15, 0.2) is 5.78 Å². The van der Waals surface area contributed by atoms with E-state index in [1.54, 1.807) is 4.90 Å². The average molecular weight is 553 g/mol. The summed E-state index contributed by atoms with van der Waals surface area (Å²) in [4.78, 5) is 42.3. The van der Waals surface area contributed by atoms with Crippen LogP contribution in [0, 0.1) is 23.2 Å². The zero-order chi connectivity index (χ0) is 29.4. The molecule has 1 N–H and O–H groups in total. The highest BCUT2D eigenvalue weighted by atomic mass is 16.6. The Balaban J connectivity index is 1.60. The molecule has 220 valence electrons. The Hall–Kier alpha value is -3.08. The number of carbonyl (C=O) groups excluding carboxylic acids is 3. The van der Waals surface area contributed by atoms with E-state index >= 15 is 0 Å². The number of nitrogens with zero attached hydrogens (tertiary/aromatic N) is 3. The van der Waals surface area contributed by atoms with Gasteiger partial charge in [-0.05, 0) is 89.7 Å². The molecule has 0 aromatic heterocycles. The van der Waals surface area contributed by atoms with Crippen LogP contribution in [0.15, 0.2) is 24.3 Å². The Morgan fingerprint density at radius 2 is 1.73 bits per heavy atom. The molecule has 3 amide bonds. The SMILES string of the molecule is CC[C@@H]1CCCN(C(=O)OC(C)(C)C)[C@@H]1C(=O)C[C@H](C#N)Cc1ccc(C2CCN(C(=O)NC(C)C)CC2)cc1. The molecular formula is C32H48N4O4. The van der Waals surface area contributed by atoms with Gasteiger partial charge >= 0.3 is 12.1 Å². The predicted octanol–water partition coefficient (Wildman–Crippen LogP) is 6.05. The van der Waals surface area contributed by atoms with E-state index in [4.69, 9.17) is 4.74 Å².